The minimum absolute atomic E-state index is 0.406. The quantitative estimate of drug-likeness (QED) is 0.518. The van der Waals surface area contributed by atoms with Crippen molar-refractivity contribution in [3.63, 3.8) is 0 Å². The van der Waals surface area contributed by atoms with E-state index < -0.39 is 45.9 Å². The van der Waals surface area contributed by atoms with Crippen molar-refractivity contribution in [2.75, 3.05) is 6.26 Å². The highest BCUT2D eigenvalue weighted by Crippen LogP contribution is 2.64. The minimum Gasteiger partial charge on any atom is -0.451 e. The first-order valence-corrected chi connectivity index (χ1v) is 8.02. The lowest BCUT2D eigenvalue weighted by Crippen LogP contribution is -2.68. The van der Waals surface area contributed by atoms with E-state index in [9.17, 15) is 14.4 Å². The second-order valence-corrected chi connectivity index (χ2v) is 7.33. The highest BCUT2D eigenvalue weighted by molar-refractivity contribution is 8.00. The fourth-order valence-corrected chi connectivity index (χ4v) is 4.87. The molecule has 0 radical (unpaired) electrons. The van der Waals surface area contributed by atoms with E-state index in [0.717, 1.165) is 0 Å². The third-order valence-electron chi connectivity index (χ3n) is 5.33. The van der Waals surface area contributed by atoms with Crippen LogP contribution in [0.5, 0.6) is 0 Å². The number of carbonyl (C=O) groups is 3. The lowest BCUT2D eigenvalue weighted by atomic mass is 9.57. The first kappa shape index (κ1) is 13.2. The molecule has 4 rings (SSSR count). The summed E-state index contributed by atoms with van der Waals surface area (Å²) in [5.41, 5.74) is -1.93. The van der Waals surface area contributed by atoms with Crippen LogP contribution in [0, 0.1) is 5.92 Å². The molecule has 0 aromatic heterocycles. The van der Waals surface area contributed by atoms with E-state index in [-0.39, 0.29) is 0 Å². The molecule has 0 N–H and O–H groups in total. The van der Waals surface area contributed by atoms with E-state index in [4.69, 9.17) is 14.2 Å². The molecule has 1 saturated carbocycles. The fourth-order valence-electron chi connectivity index (χ4n) is 4.09. The highest BCUT2D eigenvalue weighted by atomic mass is 32.2. The van der Waals surface area contributed by atoms with Crippen molar-refractivity contribution in [2.24, 2.45) is 5.92 Å². The van der Waals surface area contributed by atoms with Crippen molar-refractivity contribution in [3.8, 4) is 0 Å². The van der Waals surface area contributed by atoms with Crippen LogP contribution < -0.4 is 0 Å². The molecular weight excluding hydrogens is 296 g/mol. The molecule has 0 aromatic rings. The second kappa shape index (κ2) is 3.63. The number of hydrogen-bond acceptors (Lipinski definition) is 7. The first-order chi connectivity index (χ1) is 9.88. The van der Waals surface area contributed by atoms with E-state index in [2.05, 4.69) is 0 Å². The van der Waals surface area contributed by atoms with Gasteiger partial charge in [0.05, 0.1) is 5.92 Å². The third-order valence-corrected chi connectivity index (χ3v) is 6.60. The smallest absolute Gasteiger partial charge is 0.348 e. The van der Waals surface area contributed by atoms with Crippen LogP contribution in [0.25, 0.3) is 0 Å². The molecule has 1 aliphatic carbocycles. The molecule has 3 heterocycles. The summed E-state index contributed by atoms with van der Waals surface area (Å²) < 4.78 is 15.5. The molecule has 0 bridgehead atoms. The van der Waals surface area contributed by atoms with Gasteiger partial charge in [-0.25, -0.2) is 9.59 Å². The maximum absolute atomic E-state index is 12.2. The first-order valence-electron chi connectivity index (χ1n) is 6.80. The van der Waals surface area contributed by atoms with Crippen molar-refractivity contribution in [1.82, 2.24) is 0 Å². The molecule has 112 valence electrons. The summed E-state index contributed by atoms with van der Waals surface area (Å²) in [5, 5.41) is 0. The zero-order valence-electron chi connectivity index (χ0n) is 11.6. The van der Waals surface area contributed by atoms with Crippen LogP contribution in [-0.2, 0) is 28.6 Å². The lowest BCUT2D eigenvalue weighted by Gasteiger charge is -2.55. The zero-order valence-corrected chi connectivity index (χ0v) is 12.4. The Labute approximate surface area is 125 Å². The summed E-state index contributed by atoms with van der Waals surface area (Å²) in [7, 11) is 0. The van der Waals surface area contributed by atoms with E-state index in [1.165, 1.54) is 17.8 Å². The fraction of sp³-hybridized carbons (Fsp3) is 0.643. The standard InChI is InChI=1S/C14H14O6S/c1-12(21-2)9-8(18-11(12)17)10(16)20-14(9)6-5-13(14)4-3-7(15)19-13/h3-4,8-9H,5-6H2,1-2H3/t8-,9-,12+,13?,14?/m0/s1. The monoisotopic (exact) mass is 310 g/mol. The van der Waals surface area contributed by atoms with Crippen LogP contribution in [0.3, 0.4) is 0 Å². The van der Waals surface area contributed by atoms with Crippen molar-refractivity contribution < 1.29 is 28.6 Å². The Morgan fingerprint density at radius 1 is 1.24 bits per heavy atom. The molecule has 6 nitrogen and oxygen atoms in total. The van der Waals surface area contributed by atoms with Gasteiger partial charge >= 0.3 is 17.9 Å². The molecule has 3 aliphatic heterocycles. The molecule has 2 unspecified atom stereocenters. The maximum Gasteiger partial charge on any atom is 0.348 e. The SMILES string of the molecule is CS[C@@]1(C)C(=O)O[C@@H]2C(=O)OC3(CCC34C=CC(=O)O4)[C@@H]21. The van der Waals surface area contributed by atoms with Gasteiger partial charge in [0, 0.05) is 6.08 Å². The van der Waals surface area contributed by atoms with Gasteiger partial charge in [-0.05, 0) is 32.1 Å². The van der Waals surface area contributed by atoms with Gasteiger partial charge in [0.1, 0.15) is 4.75 Å². The van der Waals surface area contributed by atoms with Crippen molar-refractivity contribution in [2.45, 2.75) is 41.8 Å². The Bertz CT molecular complexity index is 615. The Hall–Kier alpha value is -1.50. The molecule has 0 aromatic carbocycles. The van der Waals surface area contributed by atoms with Gasteiger partial charge in [0.2, 0.25) is 6.10 Å². The summed E-state index contributed by atoms with van der Waals surface area (Å²) >= 11 is 1.34. The van der Waals surface area contributed by atoms with Gasteiger partial charge in [-0.3, -0.25) is 4.79 Å². The van der Waals surface area contributed by atoms with Crippen LogP contribution >= 0.6 is 11.8 Å². The molecular formula is C14H14O6S. The summed E-state index contributed by atoms with van der Waals surface area (Å²) in [6.45, 7) is 1.76. The molecule has 2 saturated heterocycles. The van der Waals surface area contributed by atoms with E-state index >= 15 is 0 Å². The van der Waals surface area contributed by atoms with Gasteiger partial charge in [0.25, 0.3) is 0 Å². The molecule has 5 atom stereocenters. The van der Waals surface area contributed by atoms with Crippen molar-refractivity contribution in [1.29, 1.82) is 0 Å². The van der Waals surface area contributed by atoms with Gasteiger partial charge in [-0.1, -0.05) is 0 Å². The number of hydrogen-bond donors (Lipinski definition) is 0. The second-order valence-electron chi connectivity index (χ2n) is 6.07. The summed E-state index contributed by atoms with van der Waals surface area (Å²) in [5.74, 6) is -1.84. The van der Waals surface area contributed by atoms with Crippen LogP contribution in [0.15, 0.2) is 12.2 Å². The predicted octanol–water partition coefficient (Wildman–Crippen LogP) is 0.591. The van der Waals surface area contributed by atoms with Crippen molar-refractivity contribution in [3.05, 3.63) is 12.2 Å². The summed E-state index contributed by atoms with van der Waals surface area (Å²) in [6, 6.07) is 0. The Balaban J connectivity index is 1.84. The van der Waals surface area contributed by atoms with Crippen molar-refractivity contribution >= 4 is 29.7 Å². The third kappa shape index (κ3) is 1.25. The van der Waals surface area contributed by atoms with Gasteiger partial charge in [-0.15, -0.1) is 11.8 Å². The van der Waals surface area contributed by atoms with Crippen LogP contribution in [-0.4, -0.2) is 46.2 Å². The molecule has 2 spiro atoms. The van der Waals surface area contributed by atoms with Gasteiger partial charge in [-0.2, -0.15) is 0 Å². The van der Waals surface area contributed by atoms with E-state index in [0.29, 0.717) is 12.8 Å². The number of ether oxygens (including phenoxy) is 3. The van der Waals surface area contributed by atoms with Gasteiger partial charge in [0.15, 0.2) is 11.2 Å². The van der Waals surface area contributed by atoms with Crippen LogP contribution in [0.4, 0.5) is 0 Å². The normalized spacial score (nSPS) is 50.1. The van der Waals surface area contributed by atoms with Crippen LogP contribution in [0.2, 0.25) is 0 Å². The van der Waals surface area contributed by atoms with Gasteiger partial charge < -0.3 is 14.2 Å². The van der Waals surface area contributed by atoms with E-state index in [1.54, 1.807) is 13.0 Å². The highest BCUT2D eigenvalue weighted by Gasteiger charge is 2.81. The topological polar surface area (TPSA) is 78.9 Å². The number of rotatable bonds is 1. The molecule has 3 fully saturated rings. The largest absolute Gasteiger partial charge is 0.451 e. The lowest BCUT2D eigenvalue weighted by molar-refractivity contribution is -0.229. The Morgan fingerprint density at radius 3 is 2.52 bits per heavy atom. The number of esters is 3. The molecule has 7 heteroatoms. The summed E-state index contributed by atoms with van der Waals surface area (Å²) in [4.78, 5) is 35.9. The summed E-state index contributed by atoms with van der Waals surface area (Å²) in [6.07, 6.45) is 5.07. The zero-order chi connectivity index (χ0) is 15.0. The van der Waals surface area contributed by atoms with Crippen LogP contribution in [0.1, 0.15) is 19.8 Å². The Morgan fingerprint density at radius 2 is 2.00 bits per heavy atom. The molecule has 0 amide bonds. The minimum atomic E-state index is -0.985. The number of fused-ring (bicyclic) bond motifs is 3. The molecule has 21 heavy (non-hydrogen) atoms. The number of thioether (sulfide) groups is 1. The predicted molar refractivity (Wildman–Crippen MR) is 71.3 cm³/mol. The maximum atomic E-state index is 12.2. The molecule has 4 aliphatic rings. The average molecular weight is 310 g/mol. The Kier molecular flexibility index (Phi) is 2.28. The number of carbonyl (C=O) groups excluding carboxylic acids is 3. The van der Waals surface area contributed by atoms with E-state index in [1.807, 2.05) is 6.26 Å². The average Bonchev–Trinajstić information content (AvgIpc) is 3.07.